The third kappa shape index (κ3) is 6.70. The van der Waals surface area contributed by atoms with Gasteiger partial charge < -0.3 is 24.9 Å². The molecule has 1 amide bonds. The lowest BCUT2D eigenvalue weighted by molar-refractivity contribution is -0.137. The predicted molar refractivity (Wildman–Crippen MR) is 121 cm³/mol. The van der Waals surface area contributed by atoms with Crippen molar-refractivity contribution in [3.8, 4) is 17.3 Å². The van der Waals surface area contributed by atoms with E-state index in [4.69, 9.17) is 14.6 Å². The first kappa shape index (κ1) is 23.6. The standard InChI is InChI=1S/C23H26N4O6/c1-32-19-15-16(33-14-5-3-2-4-9-21(28)29)10-11-17(19)26-22(30)18-7-6-8-20(25-18)27-13-12-24-23(27)31/h6-8,10-13,15H,2-5,9,14H2,1H3,(H,24,31)(H,26,30)(H,28,29). The number of hydrogen-bond acceptors (Lipinski definition) is 6. The first-order valence-electron chi connectivity index (χ1n) is 10.6. The minimum absolute atomic E-state index is 0.144. The second-order valence-corrected chi connectivity index (χ2v) is 7.24. The fraction of sp³-hybridized carbons (Fsp3) is 0.304. The number of hydrogen-bond donors (Lipinski definition) is 3. The zero-order chi connectivity index (χ0) is 23.6. The minimum atomic E-state index is -0.773. The molecule has 2 aromatic heterocycles. The normalized spacial score (nSPS) is 10.6. The molecule has 0 saturated heterocycles. The molecule has 174 valence electrons. The Hall–Kier alpha value is -4.08. The van der Waals surface area contributed by atoms with Gasteiger partial charge in [-0.3, -0.25) is 14.2 Å². The number of carbonyl (C=O) groups excluding carboxylic acids is 1. The number of aliphatic carboxylic acids is 1. The molecule has 0 unspecified atom stereocenters. The summed E-state index contributed by atoms with van der Waals surface area (Å²) in [7, 11) is 1.49. The van der Waals surface area contributed by atoms with Crippen molar-refractivity contribution in [2.45, 2.75) is 32.1 Å². The number of H-pyrrole nitrogens is 1. The van der Waals surface area contributed by atoms with Gasteiger partial charge in [0.2, 0.25) is 0 Å². The molecule has 0 aliphatic carbocycles. The molecule has 0 radical (unpaired) electrons. The predicted octanol–water partition coefficient (Wildman–Crippen LogP) is 3.24. The SMILES string of the molecule is COc1cc(OCCCCCCC(=O)O)ccc1NC(=O)c1cccc(-n2cc[nH]c2=O)n1. The highest BCUT2D eigenvalue weighted by molar-refractivity contribution is 6.03. The number of carboxylic acids is 1. The Kier molecular flexibility index (Phi) is 8.23. The highest BCUT2D eigenvalue weighted by Gasteiger charge is 2.13. The molecule has 33 heavy (non-hydrogen) atoms. The summed E-state index contributed by atoms with van der Waals surface area (Å²) in [5.41, 5.74) is 0.248. The Morgan fingerprint density at radius 3 is 2.70 bits per heavy atom. The zero-order valence-corrected chi connectivity index (χ0v) is 18.2. The van der Waals surface area contributed by atoms with Gasteiger partial charge in [-0.1, -0.05) is 18.9 Å². The lowest BCUT2D eigenvalue weighted by Gasteiger charge is -2.13. The Balaban J connectivity index is 1.58. The van der Waals surface area contributed by atoms with E-state index < -0.39 is 11.9 Å². The number of amides is 1. The molecule has 0 saturated carbocycles. The fourth-order valence-corrected chi connectivity index (χ4v) is 3.16. The molecule has 3 N–H and O–H groups in total. The van der Waals surface area contributed by atoms with Crippen LogP contribution >= 0.6 is 0 Å². The van der Waals surface area contributed by atoms with Crippen LogP contribution in [0.3, 0.4) is 0 Å². The van der Waals surface area contributed by atoms with Crippen LogP contribution in [0.2, 0.25) is 0 Å². The summed E-state index contributed by atoms with van der Waals surface area (Å²) < 4.78 is 12.4. The molecule has 0 aliphatic rings. The van der Waals surface area contributed by atoms with Crippen LogP contribution in [0.5, 0.6) is 11.5 Å². The van der Waals surface area contributed by atoms with Gasteiger partial charge in [0.1, 0.15) is 23.0 Å². The molecular formula is C23H26N4O6. The van der Waals surface area contributed by atoms with E-state index in [1.54, 1.807) is 36.4 Å². The number of nitrogens with zero attached hydrogens (tertiary/aromatic N) is 2. The number of carbonyl (C=O) groups is 2. The number of methoxy groups -OCH3 is 1. The van der Waals surface area contributed by atoms with Crippen LogP contribution in [0.4, 0.5) is 5.69 Å². The smallest absolute Gasteiger partial charge is 0.331 e. The Labute approximate surface area is 190 Å². The minimum Gasteiger partial charge on any atom is -0.494 e. The molecule has 2 heterocycles. The lowest BCUT2D eigenvalue weighted by Crippen LogP contribution is -2.18. The first-order valence-corrected chi connectivity index (χ1v) is 10.6. The van der Waals surface area contributed by atoms with Gasteiger partial charge in [-0.25, -0.2) is 9.78 Å². The Morgan fingerprint density at radius 2 is 1.97 bits per heavy atom. The van der Waals surface area contributed by atoms with Crippen LogP contribution in [0.1, 0.15) is 42.6 Å². The number of nitrogens with one attached hydrogen (secondary N) is 2. The maximum atomic E-state index is 12.7. The van der Waals surface area contributed by atoms with Gasteiger partial charge in [0.15, 0.2) is 0 Å². The van der Waals surface area contributed by atoms with E-state index in [2.05, 4.69) is 15.3 Å². The lowest BCUT2D eigenvalue weighted by atomic mass is 10.1. The third-order valence-corrected chi connectivity index (χ3v) is 4.84. The number of pyridine rings is 1. The first-order chi connectivity index (χ1) is 16.0. The number of aromatic nitrogens is 3. The monoisotopic (exact) mass is 454 g/mol. The molecule has 1 aromatic carbocycles. The molecule has 0 atom stereocenters. The Morgan fingerprint density at radius 1 is 1.15 bits per heavy atom. The molecule has 3 rings (SSSR count). The largest absolute Gasteiger partial charge is 0.494 e. The van der Waals surface area contributed by atoms with Crippen molar-refractivity contribution in [3.05, 3.63) is 65.0 Å². The average molecular weight is 454 g/mol. The topological polar surface area (TPSA) is 136 Å². The maximum absolute atomic E-state index is 12.7. The van der Waals surface area contributed by atoms with Crippen molar-refractivity contribution in [1.29, 1.82) is 0 Å². The second kappa shape index (κ2) is 11.5. The Bertz CT molecular complexity index is 1150. The van der Waals surface area contributed by atoms with Gasteiger partial charge in [0.25, 0.3) is 5.91 Å². The van der Waals surface area contributed by atoms with Crippen molar-refractivity contribution < 1.29 is 24.2 Å². The third-order valence-electron chi connectivity index (χ3n) is 4.84. The number of anilines is 1. The van der Waals surface area contributed by atoms with Gasteiger partial charge in [-0.05, 0) is 37.1 Å². The summed E-state index contributed by atoms with van der Waals surface area (Å²) in [5, 5.41) is 11.4. The molecule has 10 heteroatoms. The van der Waals surface area contributed by atoms with Crippen molar-refractivity contribution in [1.82, 2.24) is 14.5 Å². The van der Waals surface area contributed by atoms with Crippen molar-refractivity contribution in [3.63, 3.8) is 0 Å². The van der Waals surface area contributed by atoms with E-state index in [0.717, 1.165) is 19.3 Å². The van der Waals surface area contributed by atoms with Crippen LogP contribution in [0.15, 0.2) is 53.6 Å². The van der Waals surface area contributed by atoms with Gasteiger partial charge >= 0.3 is 11.7 Å². The quantitative estimate of drug-likeness (QED) is 0.358. The summed E-state index contributed by atoms with van der Waals surface area (Å²) in [6, 6.07) is 9.92. The van der Waals surface area contributed by atoms with Crippen LogP contribution in [-0.4, -0.2) is 45.2 Å². The number of carboxylic acid groups (broad SMARTS) is 1. The number of aromatic amines is 1. The van der Waals surface area contributed by atoms with Gasteiger partial charge in [0.05, 0.1) is 19.4 Å². The van der Waals surface area contributed by atoms with Crippen LogP contribution in [0, 0.1) is 0 Å². The molecule has 0 spiro atoms. The van der Waals surface area contributed by atoms with Crippen molar-refractivity contribution >= 4 is 17.6 Å². The van der Waals surface area contributed by atoms with E-state index in [0.29, 0.717) is 36.0 Å². The number of benzene rings is 1. The highest BCUT2D eigenvalue weighted by atomic mass is 16.5. The van der Waals surface area contributed by atoms with Crippen LogP contribution < -0.4 is 20.5 Å². The van der Waals surface area contributed by atoms with E-state index >= 15 is 0 Å². The van der Waals surface area contributed by atoms with Gasteiger partial charge in [0, 0.05) is 24.9 Å². The van der Waals surface area contributed by atoms with Crippen LogP contribution in [0.25, 0.3) is 5.82 Å². The average Bonchev–Trinajstić information content (AvgIpc) is 3.25. The summed E-state index contributed by atoms with van der Waals surface area (Å²) in [6.07, 6.45) is 6.42. The molecule has 10 nitrogen and oxygen atoms in total. The second-order valence-electron chi connectivity index (χ2n) is 7.24. The number of ether oxygens (including phenoxy) is 2. The van der Waals surface area contributed by atoms with Crippen LogP contribution in [-0.2, 0) is 4.79 Å². The highest BCUT2D eigenvalue weighted by Crippen LogP contribution is 2.29. The van der Waals surface area contributed by atoms with Crippen molar-refractivity contribution in [2.24, 2.45) is 0 Å². The number of unbranched alkanes of at least 4 members (excludes halogenated alkanes) is 3. The van der Waals surface area contributed by atoms with Gasteiger partial charge in [-0.15, -0.1) is 0 Å². The van der Waals surface area contributed by atoms with E-state index in [1.807, 2.05) is 0 Å². The zero-order valence-electron chi connectivity index (χ0n) is 18.2. The number of rotatable bonds is 12. The van der Waals surface area contributed by atoms with Crippen molar-refractivity contribution in [2.75, 3.05) is 19.0 Å². The maximum Gasteiger partial charge on any atom is 0.331 e. The molecule has 0 fully saturated rings. The molecule has 0 aliphatic heterocycles. The molecular weight excluding hydrogens is 428 g/mol. The number of imidazole rings is 1. The van der Waals surface area contributed by atoms with E-state index in [1.165, 1.54) is 24.1 Å². The molecule has 3 aromatic rings. The summed E-state index contributed by atoms with van der Waals surface area (Å²) in [4.78, 5) is 41.8. The summed E-state index contributed by atoms with van der Waals surface area (Å²) >= 11 is 0. The summed E-state index contributed by atoms with van der Waals surface area (Å²) in [6.45, 7) is 0.497. The van der Waals surface area contributed by atoms with E-state index in [-0.39, 0.29) is 17.8 Å². The molecule has 0 bridgehead atoms. The fourth-order valence-electron chi connectivity index (χ4n) is 3.16. The summed E-state index contributed by atoms with van der Waals surface area (Å²) in [5.74, 6) is 0.133. The van der Waals surface area contributed by atoms with Gasteiger partial charge in [-0.2, -0.15) is 0 Å². The van der Waals surface area contributed by atoms with E-state index in [9.17, 15) is 14.4 Å².